The molecule has 1 amide bonds. The van der Waals surface area contributed by atoms with Crippen LogP contribution in [-0.2, 0) is 0 Å². The highest BCUT2D eigenvalue weighted by atomic mass is 32.1. The number of benzene rings is 1. The molecule has 0 aliphatic carbocycles. The number of hydrogen-bond donors (Lipinski definition) is 1. The Balaban J connectivity index is 1.25. The van der Waals surface area contributed by atoms with Gasteiger partial charge in [0.15, 0.2) is 10.8 Å². The molecule has 7 nitrogen and oxygen atoms in total. The maximum atomic E-state index is 12.6. The Bertz CT molecular complexity index is 938. The lowest BCUT2D eigenvalue weighted by molar-refractivity contribution is 0.0951. The van der Waals surface area contributed by atoms with Crippen LogP contribution in [0.2, 0.25) is 0 Å². The van der Waals surface area contributed by atoms with Gasteiger partial charge in [-0.1, -0.05) is 18.2 Å². The monoisotopic (exact) mass is 408 g/mol. The van der Waals surface area contributed by atoms with E-state index < -0.39 is 0 Å². The molecule has 0 radical (unpaired) electrons. The second-order valence-electron chi connectivity index (χ2n) is 6.93. The van der Waals surface area contributed by atoms with Crippen LogP contribution in [0.4, 0.5) is 5.69 Å². The van der Waals surface area contributed by atoms with Crippen LogP contribution in [0.5, 0.6) is 0 Å². The number of carbonyl (C=O) groups excluding carboxylic acids is 1. The van der Waals surface area contributed by atoms with E-state index in [1.54, 1.807) is 18.5 Å². The third kappa shape index (κ3) is 4.78. The number of rotatable bonds is 6. The van der Waals surface area contributed by atoms with Gasteiger partial charge in [0.25, 0.3) is 5.91 Å². The van der Waals surface area contributed by atoms with E-state index >= 15 is 0 Å². The first kappa shape index (κ1) is 19.5. The van der Waals surface area contributed by atoms with Crippen molar-refractivity contribution in [2.75, 3.05) is 44.2 Å². The lowest BCUT2D eigenvalue weighted by Gasteiger charge is -2.36. The van der Waals surface area contributed by atoms with Crippen molar-refractivity contribution in [1.29, 1.82) is 0 Å². The first-order chi connectivity index (χ1) is 14.2. The van der Waals surface area contributed by atoms with Crippen LogP contribution in [0.15, 0.2) is 48.8 Å². The fourth-order valence-corrected chi connectivity index (χ4v) is 4.32. The molecule has 0 bridgehead atoms. The number of anilines is 1. The van der Waals surface area contributed by atoms with Gasteiger partial charge >= 0.3 is 0 Å². The lowest BCUT2D eigenvalue weighted by Crippen LogP contribution is -2.48. The summed E-state index contributed by atoms with van der Waals surface area (Å²) in [6.45, 7) is 7.33. The Morgan fingerprint density at radius 2 is 1.79 bits per heavy atom. The molecule has 2 aromatic heterocycles. The number of aryl methyl sites for hydroxylation is 1. The third-order valence-corrected chi connectivity index (χ3v) is 6.12. The van der Waals surface area contributed by atoms with Crippen LogP contribution in [0.1, 0.15) is 15.4 Å². The average Bonchev–Trinajstić information content (AvgIpc) is 3.17. The molecule has 1 fully saturated rings. The Morgan fingerprint density at radius 3 is 2.52 bits per heavy atom. The molecular weight excluding hydrogens is 384 g/mol. The zero-order valence-corrected chi connectivity index (χ0v) is 17.2. The smallest absolute Gasteiger partial charge is 0.263 e. The van der Waals surface area contributed by atoms with E-state index in [1.165, 1.54) is 17.0 Å². The molecule has 0 unspecified atom stereocenters. The Hall–Kier alpha value is -2.84. The van der Waals surface area contributed by atoms with E-state index in [9.17, 15) is 4.79 Å². The van der Waals surface area contributed by atoms with E-state index in [2.05, 4.69) is 54.3 Å². The molecule has 1 aliphatic heterocycles. The van der Waals surface area contributed by atoms with E-state index in [0.717, 1.165) is 32.7 Å². The van der Waals surface area contributed by atoms with Gasteiger partial charge in [-0.25, -0.2) is 15.0 Å². The van der Waals surface area contributed by atoms with E-state index in [0.29, 0.717) is 27.9 Å². The van der Waals surface area contributed by atoms with Gasteiger partial charge in [-0.05, 0) is 25.1 Å². The van der Waals surface area contributed by atoms with Gasteiger partial charge in [0.1, 0.15) is 4.88 Å². The number of thiazole rings is 1. The number of nitrogens with one attached hydrogen (secondary N) is 1. The number of amides is 1. The van der Waals surface area contributed by atoms with Crippen molar-refractivity contribution in [2.24, 2.45) is 0 Å². The van der Waals surface area contributed by atoms with Gasteiger partial charge in [0, 0.05) is 57.3 Å². The molecule has 1 aromatic carbocycles. The summed E-state index contributed by atoms with van der Waals surface area (Å²) >= 11 is 1.34. The van der Waals surface area contributed by atoms with E-state index in [4.69, 9.17) is 0 Å². The third-order valence-electron chi connectivity index (χ3n) is 4.97. The van der Waals surface area contributed by atoms with E-state index in [-0.39, 0.29) is 5.91 Å². The van der Waals surface area contributed by atoms with Gasteiger partial charge in [-0.3, -0.25) is 9.69 Å². The largest absolute Gasteiger partial charge is 0.369 e. The molecule has 8 heteroatoms. The van der Waals surface area contributed by atoms with Crippen molar-refractivity contribution < 1.29 is 4.79 Å². The summed E-state index contributed by atoms with van der Waals surface area (Å²) in [7, 11) is 0. The molecule has 150 valence electrons. The van der Waals surface area contributed by atoms with Crippen molar-refractivity contribution in [2.45, 2.75) is 6.92 Å². The van der Waals surface area contributed by atoms with Crippen molar-refractivity contribution in [3.63, 3.8) is 0 Å². The summed E-state index contributed by atoms with van der Waals surface area (Å²) in [6, 6.07) is 12.3. The lowest BCUT2D eigenvalue weighted by atomic mass is 10.2. The average molecular weight is 409 g/mol. The van der Waals surface area contributed by atoms with Crippen LogP contribution in [0, 0.1) is 6.92 Å². The summed E-state index contributed by atoms with van der Waals surface area (Å²) < 4.78 is 0. The number of aromatic nitrogens is 3. The van der Waals surface area contributed by atoms with Gasteiger partial charge in [0.05, 0.1) is 5.69 Å². The van der Waals surface area contributed by atoms with Gasteiger partial charge in [-0.2, -0.15) is 0 Å². The second-order valence-corrected chi connectivity index (χ2v) is 7.93. The number of para-hydroxylation sites is 1. The highest BCUT2D eigenvalue weighted by Crippen LogP contribution is 2.25. The number of nitrogens with zero attached hydrogens (tertiary/aromatic N) is 5. The topological polar surface area (TPSA) is 74.2 Å². The van der Waals surface area contributed by atoms with Crippen molar-refractivity contribution in [3.8, 4) is 10.8 Å². The molecule has 0 atom stereocenters. The molecule has 3 aromatic rings. The molecule has 0 saturated carbocycles. The molecule has 3 heterocycles. The SMILES string of the molecule is Cc1nc(-c2ncccn2)sc1C(=O)NCCN1CCN(c2ccccc2)CC1. The minimum absolute atomic E-state index is 0.0786. The van der Waals surface area contributed by atoms with Crippen LogP contribution >= 0.6 is 11.3 Å². The summed E-state index contributed by atoms with van der Waals surface area (Å²) in [5.74, 6) is 0.473. The number of carbonyl (C=O) groups is 1. The maximum absolute atomic E-state index is 12.6. The van der Waals surface area contributed by atoms with Crippen molar-refractivity contribution in [3.05, 3.63) is 59.4 Å². The quantitative estimate of drug-likeness (QED) is 0.675. The van der Waals surface area contributed by atoms with Crippen LogP contribution in [0.25, 0.3) is 10.8 Å². The fourth-order valence-electron chi connectivity index (χ4n) is 3.39. The molecule has 29 heavy (non-hydrogen) atoms. The molecule has 1 aliphatic rings. The fraction of sp³-hybridized carbons (Fsp3) is 0.333. The van der Waals surface area contributed by atoms with Gasteiger partial charge in [0.2, 0.25) is 0 Å². The summed E-state index contributed by atoms with van der Waals surface area (Å²) in [6.07, 6.45) is 3.35. The van der Waals surface area contributed by atoms with Gasteiger partial charge < -0.3 is 10.2 Å². The minimum Gasteiger partial charge on any atom is -0.369 e. The standard InChI is InChI=1S/C21H24N6OS/c1-16-18(29-21(25-16)19-22-8-5-9-23-19)20(28)24-10-11-26-12-14-27(15-13-26)17-6-3-2-4-7-17/h2-9H,10-15H2,1H3,(H,24,28). The first-order valence-electron chi connectivity index (χ1n) is 9.76. The maximum Gasteiger partial charge on any atom is 0.263 e. The predicted octanol–water partition coefficient (Wildman–Crippen LogP) is 2.46. The normalized spacial score (nSPS) is 14.7. The molecular formula is C21H24N6OS. The van der Waals surface area contributed by atoms with Crippen molar-refractivity contribution in [1.82, 2.24) is 25.2 Å². The highest BCUT2D eigenvalue weighted by molar-refractivity contribution is 7.17. The highest BCUT2D eigenvalue weighted by Gasteiger charge is 2.19. The number of hydrogen-bond acceptors (Lipinski definition) is 7. The summed E-state index contributed by atoms with van der Waals surface area (Å²) in [5, 5.41) is 3.70. The second kappa shape index (κ2) is 9.11. The van der Waals surface area contributed by atoms with Crippen LogP contribution < -0.4 is 10.2 Å². The van der Waals surface area contributed by atoms with Crippen LogP contribution in [0.3, 0.4) is 0 Å². The molecule has 4 rings (SSSR count). The van der Waals surface area contributed by atoms with Crippen LogP contribution in [-0.4, -0.2) is 65.0 Å². The zero-order chi connectivity index (χ0) is 20.1. The molecule has 0 spiro atoms. The summed E-state index contributed by atoms with van der Waals surface area (Å²) in [5.41, 5.74) is 1.99. The van der Waals surface area contributed by atoms with Gasteiger partial charge in [-0.15, -0.1) is 11.3 Å². The Labute approximate surface area is 174 Å². The zero-order valence-electron chi connectivity index (χ0n) is 16.4. The molecule has 1 saturated heterocycles. The van der Waals surface area contributed by atoms with E-state index in [1.807, 2.05) is 13.0 Å². The molecule has 1 N–H and O–H groups in total. The minimum atomic E-state index is -0.0786. The Morgan fingerprint density at radius 1 is 1.07 bits per heavy atom. The first-order valence-corrected chi connectivity index (χ1v) is 10.6. The Kier molecular flexibility index (Phi) is 6.12. The predicted molar refractivity (Wildman–Crippen MR) is 115 cm³/mol. The number of piperazine rings is 1. The summed E-state index contributed by atoms with van der Waals surface area (Å²) in [4.78, 5) is 30.9. The van der Waals surface area contributed by atoms with Crippen molar-refractivity contribution >= 4 is 22.9 Å².